The molecule has 30 heavy (non-hydrogen) atoms. The van der Waals surface area contributed by atoms with E-state index in [2.05, 4.69) is 25.3 Å². The predicted molar refractivity (Wildman–Crippen MR) is 112 cm³/mol. The van der Waals surface area contributed by atoms with E-state index in [-0.39, 0.29) is 10.8 Å². The fourth-order valence-corrected chi connectivity index (χ4v) is 4.72. The van der Waals surface area contributed by atoms with E-state index in [9.17, 15) is 13.2 Å². The minimum atomic E-state index is -3.56. The van der Waals surface area contributed by atoms with Gasteiger partial charge >= 0.3 is 0 Å². The molecule has 0 saturated carbocycles. The number of aromatic nitrogens is 4. The number of nitrogens with zero attached hydrogens (tertiary/aromatic N) is 3. The summed E-state index contributed by atoms with van der Waals surface area (Å²) in [6, 6.07) is 6.50. The molecule has 1 aliphatic carbocycles. The number of amides is 1. The van der Waals surface area contributed by atoms with Crippen molar-refractivity contribution >= 4 is 15.9 Å². The van der Waals surface area contributed by atoms with Crippen LogP contribution in [0.15, 0.2) is 35.4 Å². The SMILES string of the molecule is CCCCNS(=O)(=O)c1ccc(-n2nc(C(=O)NC)c3c2-c2cn[nH]c2CC3)cc1. The number of rotatable bonds is 7. The molecule has 0 spiro atoms. The Morgan fingerprint density at radius 3 is 2.70 bits per heavy atom. The molecule has 4 rings (SSSR count). The van der Waals surface area contributed by atoms with Crippen LogP contribution < -0.4 is 10.0 Å². The summed E-state index contributed by atoms with van der Waals surface area (Å²) in [4.78, 5) is 12.6. The number of nitrogens with one attached hydrogen (secondary N) is 3. The van der Waals surface area contributed by atoms with Crippen LogP contribution in [-0.4, -0.2) is 47.9 Å². The minimum Gasteiger partial charge on any atom is -0.354 e. The molecular weight excluding hydrogens is 404 g/mol. The molecule has 0 aliphatic heterocycles. The number of H-pyrrole nitrogens is 1. The Morgan fingerprint density at radius 1 is 1.23 bits per heavy atom. The summed E-state index contributed by atoms with van der Waals surface area (Å²) >= 11 is 0. The molecule has 2 heterocycles. The van der Waals surface area contributed by atoms with Crippen LogP contribution >= 0.6 is 0 Å². The monoisotopic (exact) mass is 428 g/mol. The van der Waals surface area contributed by atoms with E-state index in [1.807, 2.05) is 6.92 Å². The Morgan fingerprint density at radius 2 is 2.00 bits per heavy atom. The van der Waals surface area contributed by atoms with Crippen LogP contribution in [0.1, 0.15) is 41.5 Å². The Labute approximate surface area is 174 Å². The second kappa shape index (κ2) is 8.04. The maximum atomic E-state index is 12.4. The Balaban J connectivity index is 1.75. The van der Waals surface area contributed by atoms with Crippen LogP contribution in [0.25, 0.3) is 16.9 Å². The lowest BCUT2D eigenvalue weighted by molar-refractivity contribution is 0.0957. The summed E-state index contributed by atoms with van der Waals surface area (Å²) in [6.07, 6.45) is 4.84. The summed E-state index contributed by atoms with van der Waals surface area (Å²) < 4.78 is 29.2. The number of aromatic amines is 1. The van der Waals surface area contributed by atoms with Crippen LogP contribution in [0.5, 0.6) is 0 Å². The third-order valence-corrected chi connectivity index (χ3v) is 6.71. The van der Waals surface area contributed by atoms with E-state index in [4.69, 9.17) is 0 Å². The van der Waals surface area contributed by atoms with E-state index in [1.165, 1.54) is 0 Å². The maximum absolute atomic E-state index is 12.4. The minimum absolute atomic E-state index is 0.193. The molecule has 0 radical (unpaired) electrons. The number of hydrogen-bond donors (Lipinski definition) is 3. The highest BCUT2D eigenvalue weighted by molar-refractivity contribution is 7.89. The second-order valence-electron chi connectivity index (χ2n) is 7.17. The van der Waals surface area contributed by atoms with Crippen molar-refractivity contribution in [2.45, 2.75) is 37.5 Å². The summed E-state index contributed by atoms with van der Waals surface area (Å²) in [5.41, 5.74) is 4.60. The molecule has 0 fully saturated rings. The van der Waals surface area contributed by atoms with Gasteiger partial charge in [0.1, 0.15) is 0 Å². The Bertz CT molecular complexity index is 1180. The highest BCUT2D eigenvalue weighted by atomic mass is 32.2. The molecule has 10 heteroatoms. The Kier molecular flexibility index (Phi) is 5.44. The van der Waals surface area contributed by atoms with Gasteiger partial charge in [-0.3, -0.25) is 9.89 Å². The van der Waals surface area contributed by atoms with Crippen molar-refractivity contribution in [3.05, 3.63) is 47.4 Å². The third kappa shape index (κ3) is 3.52. The summed E-state index contributed by atoms with van der Waals surface area (Å²) in [5.74, 6) is -0.253. The molecule has 9 nitrogen and oxygen atoms in total. The van der Waals surface area contributed by atoms with E-state index < -0.39 is 10.0 Å². The molecule has 0 bridgehead atoms. The van der Waals surface area contributed by atoms with Crippen molar-refractivity contribution in [3.63, 3.8) is 0 Å². The summed E-state index contributed by atoms with van der Waals surface area (Å²) in [6.45, 7) is 2.42. The molecule has 3 aromatic rings. The fourth-order valence-electron chi connectivity index (χ4n) is 3.64. The lowest BCUT2D eigenvalue weighted by Crippen LogP contribution is -2.24. The quantitative estimate of drug-likeness (QED) is 0.496. The van der Waals surface area contributed by atoms with Crippen LogP contribution in [0.4, 0.5) is 0 Å². The van der Waals surface area contributed by atoms with Crippen LogP contribution in [0.3, 0.4) is 0 Å². The topological polar surface area (TPSA) is 122 Å². The number of fused-ring (bicyclic) bond motifs is 3. The van der Waals surface area contributed by atoms with Crippen LogP contribution in [-0.2, 0) is 22.9 Å². The van der Waals surface area contributed by atoms with Crippen LogP contribution in [0.2, 0.25) is 0 Å². The first-order valence-electron chi connectivity index (χ1n) is 9.93. The van der Waals surface area contributed by atoms with Gasteiger partial charge in [-0.25, -0.2) is 17.8 Å². The van der Waals surface area contributed by atoms with Gasteiger partial charge in [0.2, 0.25) is 10.0 Å². The smallest absolute Gasteiger partial charge is 0.271 e. The van der Waals surface area contributed by atoms with E-state index in [0.29, 0.717) is 24.3 Å². The van der Waals surface area contributed by atoms with Gasteiger partial charge in [-0.2, -0.15) is 10.2 Å². The zero-order chi connectivity index (χ0) is 21.3. The van der Waals surface area contributed by atoms with Gasteiger partial charge in [-0.15, -0.1) is 0 Å². The first kappa shape index (κ1) is 20.3. The molecule has 0 saturated heterocycles. The highest BCUT2D eigenvalue weighted by Gasteiger charge is 2.29. The molecule has 3 N–H and O–H groups in total. The average molecular weight is 429 g/mol. The Hall–Kier alpha value is -2.98. The molecule has 0 atom stereocenters. The first-order chi connectivity index (χ1) is 14.5. The average Bonchev–Trinajstić information content (AvgIpc) is 3.37. The fraction of sp³-hybridized carbons (Fsp3) is 0.350. The molecule has 158 valence electrons. The number of aryl methyl sites for hydroxylation is 1. The zero-order valence-corrected chi connectivity index (χ0v) is 17.7. The lowest BCUT2D eigenvalue weighted by Gasteiger charge is -2.15. The van der Waals surface area contributed by atoms with Gasteiger partial charge < -0.3 is 5.32 Å². The maximum Gasteiger partial charge on any atom is 0.271 e. The zero-order valence-electron chi connectivity index (χ0n) is 16.9. The number of hydrogen-bond acceptors (Lipinski definition) is 5. The highest BCUT2D eigenvalue weighted by Crippen LogP contribution is 2.36. The van der Waals surface area contributed by atoms with E-state index in [0.717, 1.165) is 41.8 Å². The predicted octanol–water partition coefficient (Wildman–Crippen LogP) is 1.80. The van der Waals surface area contributed by atoms with Crippen LogP contribution in [0, 0.1) is 0 Å². The number of carbonyl (C=O) groups excluding carboxylic acids is 1. The number of benzene rings is 1. The third-order valence-electron chi connectivity index (χ3n) is 5.24. The van der Waals surface area contributed by atoms with Crippen molar-refractivity contribution in [2.75, 3.05) is 13.6 Å². The second-order valence-corrected chi connectivity index (χ2v) is 8.94. The van der Waals surface area contributed by atoms with Gasteiger partial charge in [-0.1, -0.05) is 13.3 Å². The summed E-state index contributed by atoms with van der Waals surface area (Å²) in [7, 11) is -1.99. The first-order valence-corrected chi connectivity index (χ1v) is 11.4. The van der Waals surface area contributed by atoms with Crippen molar-refractivity contribution in [1.82, 2.24) is 30.0 Å². The number of unbranched alkanes of at least 4 members (excludes halogenated alkanes) is 1. The summed E-state index contributed by atoms with van der Waals surface area (Å²) in [5, 5.41) is 14.3. The number of carbonyl (C=O) groups is 1. The normalized spacial score (nSPS) is 13.0. The van der Waals surface area contributed by atoms with Gasteiger partial charge in [0.25, 0.3) is 5.91 Å². The molecule has 1 aromatic carbocycles. The number of sulfonamides is 1. The van der Waals surface area contributed by atoms with Gasteiger partial charge in [0.05, 0.1) is 22.5 Å². The lowest BCUT2D eigenvalue weighted by atomic mass is 9.93. The molecule has 1 aliphatic rings. The van der Waals surface area contributed by atoms with E-state index >= 15 is 0 Å². The van der Waals surface area contributed by atoms with E-state index in [1.54, 1.807) is 42.2 Å². The molecule has 1 amide bonds. The van der Waals surface area contributed by atoms with Crippen molar-refractivity contribution in [1.29, 1.82) is 0 Å². The molecule has 0 unspecified atom stereocenters. The van der Waals surface area contributed by atoms with Gasteiger partial charge in [-0.05, 0) is 43.5 Å². The molecule has 2 aromatic heterocycles. The van der Waals surface area contributed by atoms with Gasteiger partial charge in [0.15, 0.2) is 5.69 Å². The molecular formula is C20H24N6O3S. The van der Waals surface area contributed by atoms with Crippen molar-refractivity contribution < 1.29 is 13.2 Å². The largest absolute Gasteiger partial charge is 0.354 e. The van der Waals surface area contributed by atoms with Gasteiger partial charge in [0, 0.05) is 30.4 Å². The van der Waals surface area contributed by atoms with Crippen molar-refractivity contribution in [3.8, 4) is 16.9 Å². The standard InChI is InChI=1S/C20H24N6O3S/c1-3-4-11-23-30(28,29)14-7-5-13(6-8-14)26-19-15(18(25-26)20(27)21-2)9-10-17-16(19)12-22-24-17/h5-8,12,23H,3-4,9-11H2,1-2H3,(H,21,27)(H,22,24). The van der Waals surface area contributed by atoms with Crippen molar-refractivity contribution in [2.24, 2.45) is 0 Å².